The van der Waals surface area contributed by atoms with E-state index in [2.05, 4.69) is 21.0 Å². The number of amides is 1. The molecule has 2 fully saturated rings. The highest BCUT2D eigenvalue weighted by Gasteiger charge is 2.45. The van der Waals surface area contributed by atoms with Gasteiger partial charge >= 0.3 is 0 Å². The number of rotatable bonds is 4. The average molecular weight is 452 g/mol. The van der Waals surface area contributed by atoms with E-state index >= 15 is 0 Å². The maximum atomic E-state index is 14.1. The van der Waals surface area contributed by atoms with Crippen LogP contribution in [0.5, 0.6) is 5.75 Å². The number of aromatic nitrogens is 3. The molecule has 0 bridgehead atoms. The lowest BCUT2D eigenvalue weighted by molar-refractivity contribution is -0.158. The molecular weight excluding hydrogens is 427 g/mol. The summed E-state index contributed by atoms with van der Waals surface area (Å²) in [6, 6.07) is 2.09. The standard InChI is InChI=1S/C23H25FN6O3/c1-32-23(21(31)30-8-9-33-20-16(10-25)11-26-12-17(20)14-30)4-6-29(7-5-23)22-27-13-18(24)19(28-22)15-2-3-15/h11-13,15H,2-9,14H2,1H3. The van der Waals surface area contributed by atoms with Crippen LogP contribution < -0.4 is 9.64 Å². The SMILES string of the molecule is COC1(C(=O)N2CCOc3c(C#N)cncc3C2)CCN(c2ncc(F)c(C3CC3)n2)CC1. The zero-order valence-electron chi connectivity index (χ0n) is 18.5. The van der Waals surface area contributed by atoms with Gasteiger partial charge in [-0.25, -0.2) is 14.4 Å². The molecule has 1 aliphatic carbocycles. The summed E-state index contributed by atoms with van der Waals surface area (Å²) in [5.74, 6) is 0.728. The zero-order valence-corrected chi connectivity index (χ0v) is 18.5. The molecule has 9 nitrogen and oxygen atoms in total. The van der Waals surface area contributed by atoms with E-state index in [0.717, 1.165) is 12.8 Å². The van der Waals surface area contributed by atoms with Crippen molar-refractivity contribution in [3.63, 3.8) is 0 Å². The van der Waals surface area contributed by atoms with Crippen LogP contribution in [0.2, 0.25) is 0 Å². The summed E-state index contributed by atoms with van der Waals surface area (Å²) in [5.41, 5.74) is 0.589. The van der Waals surface area contributed by atoms with E-state index in [1.165, 1.54) is 12.4 Å². The summed E-state index contributed by atoms with van der Waals surface area (Å²) in [5, 5.41) is 9.32. The minimum atomic E-state index is -0.972. The lowest BCUT2D eigenvalue weighted by Gasteiger charge is -2.41. The van der Waals surface area contributed by atoms with E-state index in [1.54, 1.807) is 18.2 Å². The molecule has 1 saturated heterocycles. The number of carbonyl (C=O) groups excluding carboxylic acids is 1. The van der Waals surface area contributed by atoms with Crippen LogP contribution in [0.1, 0.15) is 48.4 Å². The minimum Gasteiger partial charge on any atom is -0.490 e. The van der Waals surface area contributed by atoms with Gasteiger partial charge in [0.2, 0.25) is 5.95 Å². The van der Waals surface area contributed by atoms with Gasteiger partial charge in [-0.2, -0.15) is 5.26 Å². The molecule has 2 aromatic rings. The average Bonchev–Trinajstić information content (AvgIpc) is 3.70. The van der Waals surface area contributed by atoms with Crippen LogP contribution in [-0.4, -0.2) is 64.7 Å². The Labute approximate surface area is 191 Å². The third-order valence-corrected chi connectivity index (χ3v) is 6.70. The van der Waals surface area contributed by atoms with Gasteiger partial charge in [0.25, 0.3) is 5.91 Å². The third kappa shape index (κ3) is 3.97. The summed E-state index contributed by atoms with van der Waals surface area (Å²) in [6.45, 7) is 2.03. The highest BCUT2D eigenvalue weighted by atomic mass is 19.1. The van der Waals surface area contributed by atoms with Crippen molar-refractivity contribution in [1.82, 2.24) is 19.9 Å². The van der Waals surface area contributed by atoms with Crippen LogP contribution in [0.15, 0.2) is 18.6 Å². The fraction of sp³-hybridized carbons (Fsp3) is 0.522. The number of fused-ring (bicyclic) bond motifs is 1. The van der Waals surface area contributed by atoms with Gasteiger partial charge in [0.15, 0.2) is 5.82 Å². The quantitative estimate of drug-likeness (QED) is 0.695. The van der Waals surface area contributed by atoms with Gasteiger partial charge in [-0.05, 0) is 12.8 Å². The van der Waals surface area contributed by atoms with Crippen molar-refractivity contribution in [2.45, 2.75) is 43.7 Å². The molecule has 5 rings (SSSR count). The second kappa shape index (κ2) is 8.56. The first-order valence-corrected chi connectivity index (χ1v) is 11.2. The number of carbonyl (C=O) groups is 1. The van der Waals surface area contributed by atoms with Gasteiger partial charge in [-0.3, -0.25) is 9.78 Å². The molecule has 0 atom stereocenters. The molecule has 3 aliphatic rings. The molecule has 0 spiro atoms. The molecule has 2 aromatic heterocycles. The summed E-state index contributed by atoms with van der Waals surface area (Å²) in [7, 11) is 1.56. The number of pyridine rings is 1. The van der Waals surface area contributed by atoms with Crippen LogP contribution in [0.25, 0.3) is 0 Å². The van der Waals surface area contributed by atoms with Crippen LogP contribution in [0.4, 0.5) is 10.3 Å². The summed E-state index contributed by atoms with van der Waals surface area (Å²) < 4.78 is 25.6. The van der Waals surface area contributed by atoms with Crippen molar-refractivity contribution < 1.29 is 18.7 Å². The van der Waals surface area contributed by atoms with Gasteiger partial charge in [0.05, 0.1) is 25.0 Å². The second-order valence-corrected chi connectivity index (χ2v) is 8.73. The minimum absolute atomic E-state index is 0.109. The lowest BCUT2D eigenvalue weighted by Crippen LogP contribution is -2.56. The van der Waals surface area contributed by atoms with Crippen LogP contribution in [0.3, 0.4) is 0 Å². The largest absolute Gasteiger partial charge is 0.490 e. The molecule has 2 aliphatic heterocycles. The lowest BCUT2D eigenvalue weighted by atomic mass is 9.89. The number of methoxy groups -OCH3 is 1. The first-order valence-electron chi connectivity index (χ1n) is 11.2. The Morgan fingerprint density at radius 3 is 2.76 bits per heavy atom. The Morgan fingerprint density at radius 1 is 1.27 bits per heavy atom. The second-order valence-electron chi connectivity index (χ2n) is 8.73. The van der Waals surface area contributed by atoms with Crippen LogP contribution in [0, 0.1) is 17.1 Å². The summed E-state index contributed by atoms with van der Waals surface area (Å²) >= 11 is 0. The summed E-state index contributed by atoms with van der Waals surface area (Å²) in [4.78, 5) is 30.1. The van der Waals surface area contributed by atoms with Crippen molar-refractivity contribution >= 4 is 11.9 Å². The normalized spacial score (nSPS) is 19.8. The van der Waals surface area contributed by atoms with Crippen LogP contribution >= 0.6 is 0 Å². The first kappa shape index (κ1) is 21.5. The van der Waals surface area contributed by atoms with Gasteiger partial charge in [-0.1, -0.05) is 0 Å². The highest BCUT2D eigenvalue weighted by Crippen LogP contribution is 2.41. The highest BCUT2D eigenvalue weighted by molar-refractivity contribution is 5.86. The van der Waals surface area contributed by atoms with E-state index in [9.17, 15) is 14.4 Å². The Morgan fingerprint density at radius 2 is 2.06 bits per heavy atom. The van der Waals surface area contributed by atoms with Crippen LogP contribution in [-0.2, 0) is 16.1 Å². The van der Waals surface area contributed by atoms with Crippen molar-refractivity contribution in [3.8, 4) is 11.8 Å². The van der Waals surface area contributed by atoms with Gasteiger partial charge < -0.3 is 19.3 Å². The maximum absolute atomic E-state index is 14.1. The maximum Gasteiger partial charge on any atom is 0.255 e. The number of nitrogens with zero attached hydrogens (tertiary/aromatic N) is 6. The Kier molecular flexibility index (Phi) is 5.58. The molecule has 0 aromatic carbocycles. The van der Waals surface area contributed by atoms with E-state index in [4.69, 9.17) is 9.47 Å². The molecule has 0 unspecified atom stereocenters. The Hall–Kier alpha value is -3.32. The molecular formula is C23H25FN6O3. The fourth-order valence-corrected chi connectivity index (χ4v) is 4.60. The Balaban J connectivity index is 1.31. The first-order chi connectivity index (χ1) is 16.0. The monoisotopic (exact) mass is 452 g/mol. The predicted octanol–water partition coefficient (Wildman–Crippen LogP) is 2.17. The molecule has 1 amide bonds. The third-order valence-electron chi connectivity index (χ3n) is 6.70. The van der Waals surface area contributed by atoms with E-state index < -0.39 is 5.60 Å². The number of hydrogen-bond acceptors (Lipinski definition) is 8. The van der Waals surface area contributed by atoms with Crippen molar-refractivity contribution in [2.75, 3.05) is 38.3 Å². The number of hydrogen-bond donors (Lipinski definition) is 0. The molecule has 1 saturated carbocycles. The van der Waals surface area contributed by atoms with E-state index in [-0.39, 0.29) is 24.2 Å². The molecule has 33 heavy (non-hydrogen) atoms. The van der Waals surface area contributed by atoms with Gasteiger partial charge in [-0.15, -0.1) is 0 Å². The van der Waals surface area contributed by atoms with E-state index in [1.807, 2.05) is 4.90 Å². The van der Waals surface area contributed by atoms with E-state index in [0.29, 0.717) is 67.5 Å². The number of ether oxygens (including phenoxy) is 2. The topological polar surface area (TPSA) is 104 Å². The Bertz CT molecular complexity index is 1110. The van der Waals surface area contributed by atoms with Gasteiger partial charge in [0.1, 0.15) is 29.6 Å². The van der Waals surface area contributed by atoms with Gasteiger partial charge in [0, 0.05) is 56.9 Å². The number of anilines is 1. The van der Waals surface area contributed by atoms with Crippen molar-refractivity contribution in [3.05, 3.63) is 41.2 Å². The number of halogens is 1. The summed E-state index contributed by atoms with van der Waals surface area (Å²) in [6.07, 6.45) is 7.19. The predicted molar refractivity (Wildman–Crippen MR) is 115 cm³/mol. The fourth-order valence-electron chi connectivity index (χ4n) is 4.60. The number of piperidine rings is 1. The molecule has 10 heteroatoms. The molecule has 0 N–H and O–H groups in total. The molecule has 172 valence electrons. The zero-order chi connectivity index (χ0) is 23.0. The molecule has 0 radical (unpaired) electrons. The van der Waals surface area contributed by atoms with Crippen molar-refractivity contribution in [2.24, 2.45) is 0 Å². The number of nitriles is 1. The van der Waals surface area contributed by atoms with Crippen molar-refractivity contribution in [1.29, 1.82) is 5.26 Å². The smallest absolute Gasteiger partial charge is 0.255 e. The molecule has 4 heterocycles.